The maximum absolute atomic E-state index is 13.1. The maximum atomic E-state index is 13.1. The molecule has 1 amide bonds. The number of anilines is 3. The fraction of sp³-hybridized carbons (Fsp3) is 0.320. The lowest BCUT2D eigenvalue weighted by atomic mass is 10.2. The molecule has 4 rings (SSSR count). The monoisotopic (exact) mass is 448 g/mol. The van der Waals surface area contributed by atoms with Crippen LogP contribution in [0.2, 0.25) is 0 Å². The number of nitrogens with zero attached hydrogens (tertiary/aromatic N) is 5. The highest BCUT2D eigenvalue weighted by molar-refractivity contribution is 6.03. The summed E-state index contributed by atoms with van der Waals surface area (Å²) in [5, 5.41) is 2.91. The van der Waals surface area contributed by atoms with Gasteiger partial charge in [0.15, 0.2) is 0 Å². The second-order valence-corrected chi connectivity index (χ2v) is 8.39. The SMILES string of the molecule is CN1CCCN(c2ccc(NC(=O)c3cc(N(C)Cc4ccc(F)cc4)ncn3)cc2)CC1. The molecular formula is C25H29FN6O. The number of nitrogens with one attached hydrogen (secondary N) is 1. The van der Waals surface area contributed by atoms with Crippen LogP contribution in [0, 0.1) is 5.82 Å². The second-order valence-electron chi connectivity index (χ2n) is 8.39. The molecule has 1 fully saturated rings. The summed E-state index contributed by atoms with van der Waals surface area (Å²) in [6.45, 7) is 4.73. The molecule has 1 aromatic heterocycles. The quantitative estimate of drug-likeness (QED) is 0.621. The summed E-state index contributed by atoms with van der Waals surface area (Å²) in [6, 6.07) is 15.9. The number of hydrogen-bond acceptors (Lipinski definition) is 6. The van der Waals surface area contributed by atoms with Gasteiger partial charge in [0.25, 0.3) is 5.91 Å². The van der Waals surface area contributed by atoms with Gasteiger partial charge >= 0.3 is 0 Å². The van der Waals surface area contributed by atoms with Crippen LogP contribution < -0.4 is 15.1 Å². The molecule has 1 N–H and O–H groups in total. The molecule has 7 nitrogen and oxygen atoms in total. The lowest BCUT2D eigenvalue weighted by Gasteiger charge is -2.23. The van der Waals surface area contributed by atoms with Gasteiger partial charge in [-0.15, -0.1) is 0 Å². The number of likely N-dealkylation sites (N-methyl/N-ethyl adjacent to an activating group) is 1. The van der Waals surface area contributed by atoms with E-state index in [0.717, 1.165) is 49.5 Å². The molecule has 0 bridgehead atoms. The first-order valence-electron chi connectivity index (χ1n) is 11.1. The lowest BCUT2D eigenvalue weighted by molar-refractivity contribution is 0.102. The maximum Gasteiger partial charge on any atom is 0.274 e. The highest BCUT2D eigenvalue weighted by Crippen LogP contribution is 2.20. The predicted molar refractivity (Wildman–Crippen MR) is 129 cm³/mol. The molecule has 0 saturated carbocycles. The summed E-state index contributed by atoms with van der Waals surface area (Å²) >= 11 is 0. The van der Waals surface area contributed by atoms with Gasteiger partial charge in [-0.1, -0.05) is 12.1 Å². The van der Waals surface area contributed by atoms with Gasteiger partial charge in [-0.05, 0) is 62.0 Å². The molecule has 0 spiro atoms. The average molecular weight is 449 g/mol. The van der Waals surface area contributed by atoms with E-state index in [9.17, 15) is 9.18 Å². The van der Waals surface area contributed by atoms with Gasteiger partial charge in [0.05, 0.1) is 0 Å². The molecule has 2 aromatic carbocycles. The molecule has 8 heteroatoms. The van der Waals surface area contributed by atoms with E-state index in [0.29, 0.717) is 12.4 Å². The highest BCUT2D eigenvalue weighted by atomic mass is 19.1. The lowest BCUT2D eigenvalue weighted by Crippen LogP contribution is -2.28. The predicted octanol–water partition coefficient (Wildman–Crippen LogP) is 3.65. The third-order valence-electron chi connectivity index (χ3n) is 5.82. The van der Waals surface area contributed by atoms with Crippen LogP contribution >= 0.6 is 0 Å². The third kappa shape index (κ3) is 6.04. The Morgan fingerprint density at radius 3 is 2.55 bits per heavy atom. The third-order valence-corrected chi connectivity index (χ3v) is 5.82. The number of hydrogen-bond donors (Lipinski definition) is 1. The smallest absolute Gasteiger partial charge is 0.274 e. The molecule has 3 aromatic rings. The van der Waals surface area contributed by atoms with Crippen LogP contribution in [0.1, 0.15) is 22.5 Å². The van der Waals surface area contributed by atoms with Crippen molar-refractivity contribution in [2.45, 2.75) is 13.0 Å². The molecular weight excluding hydrogens is 419 g/mol. The largest absolute Gasteiger partial charge is 0.370 e. The molecule has 0 unspecified atom stereocenters. The van der Waals surface area contributed by atoms with Crippen LogP contribution in [-0.4, -0.2) is 61.0 Å². The van der Waals surface area contributed by atoms with Crippen LogP contribution in [0.25, 0.3) is 0 Å². The molecule has 1 aliphatic heterocycles. The summed E-state index contributed by atoms with van der Waals surface area (Å²) in [6.07, 6.45) is 2.52. The Morgan fingerprint density at radius 1 is 1.03 bits per heavy atom. The van der Waals surface area contributed by atoms with Crippen LogP contribution in [0.3, 0.4) is 0 Å². The van der Waals surface area contributed by atoms with Gasteiger partial charge in [0.1, 0.15) is 23.7 Å². The zero-order chi connectivity index (χ0) is 23.2. The standard InChI is InChI=1S/C25H29FN6O/c1-30-12-3-13-32(15-14-30)22-10-8-21(9-11-22)29-25(33)23-16-24(28-18-27-23)31(2)17-19-4-6-20(26)7-5-19/h4-11,16,18H,3,12-15,17H2,1-2H3,(H,29,33). The minimum absolute atomic E-state index is 0.269. The van der Waals surface area contributed by atoms with Crippen LogP contribution in [0.5, 0.6) is 0 Å². The van der Waals surface area contributed by atoms with E-state index in [1.807, 2.05) is 36.2 Å². The average Bonchev–Trinajstić information content (AvgIpc) is 3.05. The van der Waals surface area contributed by atoms with Crippen molar-refractivity contribution in [3.05, 3.63) is 78.0 Å². The van der Waals surface area contributed by atoms with E-state index in [1.165, 1.54) is 18.5 Å². The van der Waals surface area contributed by atoms with Crippen molar-refractivity contribution in [1.29, 1.82) is 0 Å². The van der Waals surface area contributed by atoms with E-state index in [1.54, 1.807) is 18.2 Å². The summed E-state index contributed by atoms with van der Waals surface area (Å²) in [7, 11) is 4.02. The summed E-state index contributed by atoms with van der Waals surface area (Å²) < 4.78 is 13.1. The molecule has 1 saturated heterocycles. The van der Waals surface area contributed by atoms with Crippen molar-refractivity contribution in [2.75, 3.05) is 55.4 Å². The van der Waals surface area contributed by atoms with E-state index >= 15 is 0 Å². The van der Waals surface area contributed by atoms with Gasteiger partial charge in [0.2, 0.25) is 0 Å². The molecule has 0 aliphatic carbocycles. The molecule has 0 radical (unpaired) electrons. The van der Waals surface area contributed by atoms with Crippen LogP contribution in [-0.2, 0) is 6.54 Å². The van der Waals surface area contributed by atoms with Crippen molar-refractivity contribution in [2.24, 2.45) is 0 Å². The highest BCUT2D eigenvalue weighted by Gasteiger charge is 2.14. The first-order chi connectivity index (χ1) is 16.0. The minimum atomic E-state index is -0.294. The first kappa shape index (κ1) is 22.7. The summed E-state index contributed by atoms with van der Waals surface area (Å²) in [4.78, 5) is 27.8. The van der Waals surface area contributed by atoms with E-state index < -0.39 is 0 Å². The Bertz CT molecular complexity index is 1070. The summed E-state index contributed by atoms with van der Waals surface area (Å²) in [5.41, 5.74) is 3.11. The van der Waals surface area contributed by atoms with Gasteiger partial charge < -0.3 is 20.0 Å². The van der Waals surface area contributed by atoms with E-state index in [2.05, 4.69) is 32.1 Å². The number of benzene rings is 2. The zero-order valence-corrected chi connectivity index (χ0v) is 19.0. The minimum Gasteiger partial charge on any atom is -0.370 e. The van der Waals surface area contributed by atoms with Gasteiger partial charge in [-0.3, -0.25) is 4.79 Å². The van der Waals surface area contributed by atoms with Gasteiger partial charge in [-0.25, -0.2) is 14.4 Å². The van der Waals surface area contributed by atoms with Crippen molar-refractivity contribution >= 4 is 23.1 Å². The number of rotatable bonds is 6. The Morgan fingerprint density at radius 2 is 1.79 bits per heavy atom. The van der Waals surface area contributed by atoms with Crippen molar-refractivity contribution < 1.29 is 9.18 Å². The van der Waals surface area contributed by atoms with Gasteiger partial charge in [0, 0.05) is 50.7 Å². The zero-order valence-electron chi connectivity index (χ0n) is 19.0. The number of halogens is 1. The molecule has 0 atom stereocenters. The van der Waals surface area contributed by atoms with E-state index in [-0.39, 0.29) is 17.4 Å². The van der Waals surface area contributed by atoms with Crippen molar-refractivity contribution in [3.63, 3.8) is 0 Å². The molecule has 33 heavy (non-hydrogen) atoms. The number of amides is 1. The van der Waals surface area contributed by atoms with Crippen molar-refractivity contribution in [1.82, 2.24) is 14.9 Å². The second kappa shape index (κ2) is 10.4. The fourth-order valence-electron chi connectivity index (χ4n) is 3.88. The molecule has 1 aliphatic rings. The molecule has 172 valence electrons. The van der Waals surface area contributed by atoms with Crippen LogP contribution in [0.4, 0.5) is 21.6 Å². The number of carbonyl (C=O) groups excluding carboxylic acids is 1. The van der Waals surface area contributed by atoms with E-state index in [4.69, 9.17) is 0 Å². The Hall–Kier alpha value is -3.52. The Balaban J connectivity index is 1.38. The first-order valence-corrected chi connectivity index (χ1v) is 11.1. The van der Waals surface area contributed by atoms with Gasteiger partial charge in [-0.2, -0.15) is 0 Å². The molecule has 2 heterocycles. The summed E-state index contributed by atoms with van der Waals surface area (Å²) in [5.74, 6) is 0.0494. The van der Waals surface area contributed by atoms with Crippen LogP contribution in [0.15, 0.2) is 60.9 Å². The Labute approximate surface area is 193 Å². The number of carbonyl (C=O) groups is 1. The number of aromatic nitrogens is 2. The Kier molecular flexibility index (Phi) is 7.14. The fourth-order valence-corrected chi connectivity index (χ4v) is 3.88. The normalized spacial score (nSPS) is 14.6. The topological polar surface area (TPSA) is 64.6 Å². The van der Waals surface area contributed by atoms with Crippen molar-refractivity contribution in [3.8, 4) is 0 Å².